The Hall–Kier alpha value is -3.26. The maximum atomic E-state index is 12.8. The zero-order valence-electron chi connectivity index (χ0n) is 19.5. The maximum absolute atomic E-state index is 12.8. The van der Waals surface area contributed by atoms with Crippen molar-refractivity contribution >= 4 is 63.8 Å². The molecule has 1 aliphatic heterocycles. The Morgan fingerprint density at radius 3 is 2.39 bits per heavy atom. The summed E-state index contributed by atoms with van der Waals surface area (Å²) in [6, 6.07) is 17.7. The van der Waals surface area contributed by atoms with E-state index in [2.05, 4.69) is 5.32 Å². The van der Waals surface area contributed by atoms with Gasteiger partial charge < -0.3 is 10.1 Å². The molecule has 184 valence electrons. The number of thioether (sulfide) groups is 1. The number of halogens is 2. The van der Waals surface area contributed by atoms with Gasteiger partial charge in [0.1, 0.15) is 5.75 Å². The Labute approximate surface area is 223 Å². The zero-order valence-corrected chi connectivity index (χ0v) is 21.8. The Morgan fingerprint density at radius 2 is 1.72 bits per heavy atom. The molecule has 6 nitrogen and oxygen atoms in total. The van der Waals surface area contributed by atoms with Gasteiger partial charge in [0, 0.05) is 21.3 Å². The van der Waals surface area contributed by atoms with Crippen LogP contribution in [0.2, 0.25) is 10.0 Å². The number of hydrogen-bond acceptors (Lipinski definition) is 5. The van der Waals surface area contributed by atoms with Gasteiger partial charge in [0.25, 0.3) is 17.1 Å². The summed E-state index contributed by atoms with van der Waals surface area (Å²) in [6.45, 7) is 3.78. The van der Waals surface area contributed by atoms with E-state index in [1.807, 2.05) is 32.0 Å². The lowest BCUT2D eigenvalue weighted by Gasteiger charge is -2.14. The van der Waals surface area contributed by atoms with Gasteiger partial charge in [-0.1, -0.05) is 59.1 Å². The summed E-state index contributed by atoms with van der Waals surface area (Å²) in [4.78, 5) is 39.0. The van der Waals surface area contributed by atoms with E-state index < -0.39 is 11.1 Å². The lowest BCUT2D eigenvalue weighted by molar-refractivity contribution is -0.123. The van der Waals surface area contributed by atoms with Crippen LogP contribution in [0.5, 0.6) is 5.75 Å². The molecular weight excluding hydrogens is 519 g/mol. The number of aryl methyl sites for hydroxylation is 2. The quantitative estimate of drug-likeness (QED) is 0.331. The van der Waals surface area contributed by atoms with Crippen LogP contribution in [0.3, 0.4) is 0 Å². The second kappa shape index (κ2) is 11.2. The van der Waals surface area contributed by atoms with Gasteiger partial charge in [-0.3, -0.25) is 19.3 Å². The number of carbonyl (C=O) groups excluding carboxylic acids is 3. The molecule has 1 N–H and O–H groups in total. The van der Waals surface area contributed by atoms with E-state index in [1.165, 1.54) is 0 Å². The van der Waals surface area contributed by atoms with Gasteiger partial charge in [-0.25, -0.2) is 0 Å². The SMILES string of the molecule is Cc1ccc(NC(=O)COc2ccc(/C=C3\SC(=O)N(Cc4c(Cl)cccc4Cl)C3=O)cc2)c(C)c1. The van der Waals surface area contributed by atoms with Crippen LogP contribution in [0.4, 0.5) is 10.5 Å². The van der Waals surface area contributed by atoms with E-state index in [4.69, 9.17) is 27.9 Å². The van der Waals surface area contributed by atoms with Gasteiger partial charge in [-0.2, -0.15) is 0 Å². The number of rotatable bonds is 7. The van der Waals surface area contributed by atoms with Gasteiger partial charge >= 0.3 is 0 Å². The van der Waals surface area contributed by atoms with Gasteiger partial charge in [-0.15, -0.1) is 0 Å². The number of hydrogen-bond donors (Lipinski definition) is 1. The van der Waals surface area contributed by atoms with E-state index in [-0.39, 0.29) is 19.1 Å². The summed E-state index contributed by atoms with van der Waals surface area (Å²) < 4.78 is 5.58. The molecule has 1 heterocycles. The molecule has 3 amide bonds. The minimum absolute atomic E-state index is 0.00251. The van der Waals surface area contributed by atoms with Crippen molar-refractivity contribution in [3.8, 4) is 5.75 Å². The summed E-state index contributed by atoms with van der Waals surface area (Å²) in [7, 11) is 0. The van der Waals surface area contributed by atoms with Crippen LogP contribution in [0, 0.1) is 13.8 Å². The first kappa shape index (κ1) is 25.8. The second-order valence-corrected chi connectivity index (χ2v) is 10.00. The van der Waals surface area contributed by atoms with Crippen molar-refractivity contribution in [2.75, 3.05) is 11.9 Å². The fourth-order valence-corrected chi connectivity index (χ4v) is 4.93. The first-order valence-electron chi connectivity index (χ1n) is 11.0. The molecule has 0 aromatic heterocycles. The molecular formula is C27H22Cl2N2O4S. The lowest BCUT2D eigenvalue weighted by Crippen LogP contribution is -2.27. The summed E-state index contributed by atoms with van der Waals surface area (Å²) >= 11 is 13.2. The van der Waals surface area contributed by atoms with Crippen LogP contribution in [0.15, 0.2) is 65.6 Å². The van der Waals surface area contributed by atoms with E-state index in [0.717, 1.165) is 33.5 Å². The average Bonchev–Trinajstić information content (AvgIpc) is 3.10. The van der Waals surface area contributed by atoms with Crippen molar-refractivity contribution in [1.29, 1.82) is 0 Å². The molecule has 4 rings (SSSR count). The van der Waals surface area contributed by atoms with Crippen molar-refractivity contribution in [3.63, 3.8) is 0 Å². The maximum Gasteiger partial charge on any atom is 0.293 e. The zero-order chi connectivity index (χ0) is 25.8. The molecule has 1 saturated heterocycles. The van der Waals surface area contributed by atoms with Crippen molar-refractivity contribution < 1.29 is 19.1 Å². The fraction of sp³-hybridized carbons (Fsp3) is 0.148. The van der Waals surface area contributed by atoms with Crippen LogP contribution >= 0.6 is 35.0 Å². The van der Waals surface area contributed by atoms with Gasteiger partial charge in [0.15, 0.2) is 6.61 Å². The monoisotopic (exact) mass is 540 g/mol. The topological polar surface area (TPSA) is 75.7 Å². The van der Waals surface area contributed by atoms with Crippen molar-refractivity contribution in [1.82, 2.24) is 4.90 Å². The number of carbonyl (C=O) groups is 3. The number of ether oxygens (including phenoxy) is 1. The summed E-state index contributed by atoms with van der Waals surface area (Å²) in [5, 5.41) is 3.23. The van der Waals surface area contributed by atoms with Crippen molar-refractivity contribution in [3.05, 3.63) is 97.9 Å². The molecule has 1 aliphatic rings. The summed E-state index contributed by atoms with van der Waals surface area (Å²) in [5.74, 6) is -0.174. The van der Waals surface area contributed by atoms with Crippen LogP contribution in [0.1, 0.15) is 22.3 Å². The number of nitrogens with zero attached hydrogens (tertiary/aromatic N) is 1. The molecule has 0 atom stereocenters. The minimum atomic E-state index is -0.413. The van der Waals surface area contributed by atoms with Crippen LogP contribution in [0.25, 0.3) is 6.08 Å². The fourth-order valence-electron chi connectivity index (χ4n) is 3.58. The highest BCUT2D eigenvalue weighted by molar-refractivity contribution is 8.18. The standard InChI is InChI=1S/C27H22Cl2N2O4S/c1-16-6-11-23(17(2)12-16)30-25(32)15-35-19-9-7-18(8-10-19)13-24-26(33)31(27(34)36-24)14-20-21(28)4-3-5-22(20)29/h3-13H,14-15H2,1-2H3,(H,30,32)/b24-13-. The third-order valence-electron chi connectivity index (χ3n) is 5.46. The highest BCUT2D eigenvalue weighted by atomic mass is 35.5. The third kappa shape index (κ3) is 6.10. The molecule has 3 aromatic carbocycles. The largest absolute Gasteiger partial charge is 0.484 e. The molecule has 0 unspecified atom stereocenters. The van der Waals surface area contributed by atoms with Crippen LogP contribution in [-0.4, -0.2) is 28.6 Å². The predicted molar refractivity (Wildman–Crippen MR) is 144 cm³/mol. The highest BCUT2D eigenvalue weighted by Gasteiger charge is 2.35. The number of nitrogens with one attached hydrogen (secondary N) is 1. The van der Waals surface area contributed by atoms with E-state index in [0.29, 0.717) is 31.8 Å². The first-order chi connectivity index (χ1) is 17.2. The Morgan fingerprint density at radius 1 is 1.03 bits per heavy atom. The first-order valence-corrected chi connectivity index (χ1v) is 12.6. The van der Waals surface area contributed by atoms with Crippen molar-refractivity contribution in [2.45, 2.75) is 20.4 Å². The van der Waals surface area contributed by atoms with E-state index in [9.17, 15) is 14.4 Å². The molecule has 3 aromatic rings. The molecule has 0 radical (unpaired) electrons. The molecule has 0 saturated carbocycles. The summed E-state index contributed by atoms with van der Waals surface area (Å²) in [6.07, 6.45) is 1.63. The molecule has 9 heteroatoms. The highest BCUT2D eigenvalue weighted by Crippen LogP contribution is 2.35. The molecule has 0 aliphatic carbocycles. The Kier molecular flexibility index (Phi) is 8.04. The second-order valence-electron chi connectivity index (χ2n) is 8.19. The minimum Gasteiger partial charge on any atom is -0.484 e. The number of amides is 3. The van der Waals surface area contributed by atoms with E-state index >= 15 is 0 Å². The Bertz CT molecular complexity index is 1350. The Balaban J connectivity index is 1.36. The van der Waals surface area contributed by atoms with Crippen molar-refractivity contribution in [2.24, 2.45) is 0 Å². The van der Waals surface area contributed by atoms with Gasteiger partial charge in [0.2, 0.25) is 0 Å². The third-order valence-corrected chi connectivity index (χ3v) is 7.07. The summed E-state index contributed by atoms with van der Waals surface area (Å²) in [5.41, 5.74) is 4.08. The van der Waals surface area contributed by atoms with Gasteiger partial charge in [-0.05, 0) is 73.1 Å². The number of imide groups is 1. The number of anilines is 1. The molecule has 36 heavy (non-hydrogen) atoms. The molecule has 0 spiro atoms. The average molecular weight is 541 g/mol. The van der Waals surface area contributed by atoms with Crippen LogP contribution in [-0.2, 0) is 16.1 Å². The van der Waals surface area contributed by atoms with E-state index in [1.54, 1.807) is 48.5 Å². The van der Waals surface area contributed by atoms with Gasteiger partial charge in [0.05, 0.1) is 11.4 Å². The normalized spacial score (nSPS) is 14.4. The molecule has 0 bridgehead atoms. The lowest BCUT2D eigenvalue weighted by atomic mass is 10.1. The molecule has 1 fully saturated rings. The smallest absolute Gasteiger partial charge is 0.293 e. The number of benzene rings is 3. The predicted octanol–water partition coefficient (Wildman–Crippen LogP) is 6.86. The van der Waals surface area contributed by atoms with Crippen LogP contribution < -0.4 is 10.1 Å².